The van der Waals surface area contributed by atoms with Gasteiger partial charge in [-0.1, -0.05) is 53.5 Å². The average molecular weight is 574 g/mol. The molecular weight excluding hydrogens is 553 g/mol. The Morgan fingerprint density at radius 1 is 0.925 bits per heavy atom. The van der Waals surface area contributed by atoms with E-state index in [0.29, 0.717) is 39.9 Å². The second kappa shape index (κ2) is 13.3. The standard InChI is InChI=1S/C30H21Cl2N3O5/c31-24-7-4-20(5-8-24)18-39-27-11-9-25(10-12-27)34-30(36)23(17-33)14-21-6-13-29(28(32)16-21)40-19-22-2-1-3-26(15-22)35(37)38/h1-16H,18-19H2,(H,34,36)/b23-14+. The van der Waals surface area contributed by atoms with E-state index in [0.717, 1.165) is 5.56 Å². The van der Waals surface area contributed by atoms with Crippen LogP contribution in [-0.4, -0.2) is 10.8 Å². The van der Waals surface area contributed by atoms with Crippen molar-refractivity contribution in [3.63, 3.8) is 0 Å². The molecule has 0 aliphatic rings. The topological polar surface area (TPSA) is 114 Å². The number of ether oxygens (including phenoxy) is 2. The van der Waals surface area contributed by atoms with Crippen LogP contribution in [0.25, 0.3) is 6.08 Å². The number of hydrogen-bond acceptors (Lipinski definition) is 6. The highest BCUT2D eigenvalue weighted by Crippen LogP contribution is 2.28. The first-order valence-electron chi connectivity index (χ1n) is 11.9. The summed E-state index contributed by atoms with van der Waals surface area (Å²) in [5.41, 5.74) is 2.43. The fourth-order valence-electron chi connectivity index (χ4n) is 3.54. The van der Waals surface area contributed by atoms with Gasteiger partial charge >= 0.3 is 0 Å². The molecule has 0 radical (unpaired) electrons. The number of benzene rings is 4. The van der Waals surface area contributed by atoms with Crippen molar-refractivity contribution >= 4 is 46.6 Å². The normalized spacial score (nSPS) is 10.9. The van der Waals surface area contributed by atoms with Crippen LogP contribution in [0, 0.1) is 21.4 Å². The van der Waals surface area contributed by atoms with Crippen LogP contribution in [0.5, 0.6) is 11.5 Å². The summed E-state index contributed by atoms with van der Waals surface area (Å²) in [6, 6.07) is 26.9. The predicted molar refractivity (Wildman–Crippen MR) is 153 cm³/mol. The number of anilines is 1. The van der Waals surface area contributed by atoms with Gasteiger partial charge in [0.1, 0.15) is 36.4 Å². The molecule has 0 aliphatic carbocycles. The fourth-order valence-corrected chi connectivity index (χ4v) is 3.91. The van der Waals surface area contributed by atoms with Crippen molar-refractivity contribution in [3.05, 3.63) is 133 Å². The first kappa shape index (κ1) is 28.2. The molecule has 4 aromatic rings. The number of amides is 1. The van der Waals surface area contributed by atoms with Crippen LogP contribution in [-0.2, 0) is 18.0 Å². The Bertz CT molecular complexity index is 1600. The number of nitrogens with one attached hydrogen (secondary N) is 1. The monoisotopic (exact) mass is 573 g/mol. The van der Waals surface area contributed by atoms with Crippen LogP contribution in [0.2, 0.25) is 10.0 Å². The van der Waals surface area contributed by atoms with Crippen molar-refractivity contribution < 1.29 is 19.2 Å². The number of nitro groups is 1. The summed E-state index contributed by atoms with van der Waals surface area (Å²) >= 11 is 12.2. The van der Waals surface area contributed by atoms with Crippen molar-refractivity contribution in [2.45, 2.75) is 13.2 Å². The van der Waals surface area contributed by atoms with E-state index >= 15 is 0 Å². The molecule has 0 aromatic heterocycles. The Labute approximate surface area is 240 Å². The van der Waals surface area contributed by atoms with Gasteiger partial charge in [-0.2, -0.15) is 5.26 Å². The minimum atomic E-state index is -0.584. The van der Waals surface area contributed by atoms with Crippen molar-refractivity contribution in [1.29, 1.82) is 5.26 Å². The van der Waals surface area contributed by atoms with Gasteiger partial charge in [-0.25, -0.2) is 0 Å². The third kappa shape index (κ3) is 7.84. The Morgan fingerprint density at radius 3 is 2.33 bits per heavy atom. The summed E-state index contributed by atoms with van der Waals surface area (Å²) in [5.74, 6) is 0.387. The molecule has 1 N–H and O–H groups in total. The minimum Gasteiger partial charge on any atom is -0.489 e. The molecule has 1 amide bonds. The fraction of sp³-hybridized carbons (Fsp3) is 0.0667. The summed E-state index contributed by atoms with van der Waals surface area (Å²) in [4.78, 5) is 23.2. The average Bonchev–Trinajstić information content (AvgIpc) is 2.96. The lowest BCUT2D eigenvalue weighted by atomic mass is 10.1. The summed E-state index contributed by atoms with van der Waals surface area (Å²) in [7, 11) is 0. The van der Waals surface area contributed by atoms with Gasteiger partial charge in [0.25, 0.3) is 11.6 Å². The maximum absolute atomic E-state index is 12.7. The zero-order valence-electron chi connectivity index (χ0n) is 20.8. The Hall–Kier alpha value is -4.84. The van der Waals surface area contributed by atoms with E-state index in [4.69, 9.17) is 32.7 Å². The van der Waals surface area contributed by atoms with Gasteiger partial charge in [0, 0.05) is 22.8 Å². The number of nitriles is 1. The molecule has 0 saturated carbocycles. The van der Waals surface area contributed by atoms with E-state index in [9.17, 15) is 20.2 Å². The number of hydrogen-bond donors (Lipinski definition) is 1. The van der Waals surface area contributed by atoms with Gasteiger partial charge in [-0.3, -0.25) is 14.9 Å². The predicted octanol–water partition coefficient (Wildman–Crippen LogP) is 7.61. The number of halogens is 2. The molecule has 0 spiro atoms. The molecule has 4 rings (SSSR count). The summed E-state index contributed by atoms with van der Waals surface area (Å²) in [6.45, 7) is 0.443. The van der Waals surface area contributed by atoms with Crippen molar-refractivity contribution in [1.82, 2.24) is 0 Å². The zero-order valence-corrected chi connectivity index (χ0v) is 22.4. The van der Waals surface area contributed by atoms with Gasteiger partial charge in [-0.15, -0.1) is 0 Å². The van der Waals surface area contributed by atoms with E-state index in [1.165, 1.54) is 18.2 Å². The van der Waals surface area contributed by atoms with Crippen LogP contribution < -0.4 is 14.8 Å². The van der Waals surface area contributed by atoms with Crippen LogP contribution in [0.4, 0.5) is 11.4 Å². The molecule has 0 heterocycles. The van der Waals surface area contributed by atoms with E-state index in [2.05, 4.69) is 5.32 Å². The molecule has 0 atom stereocenters. The third-order valence-corrected chi connectivity index (χ3v) is 6.13. The second-order valence-electron chi connectivity index (χ2n) is 8.47. The highest BCUT2D eigenvalue weighted by molar-refractivity contribution is 6.32. The van der Waals surface area contributed by atoms with Gasteiger partial charge < -0.3 is 14.8 Å². The van der Waals surface area contributed by atoms with Gasteiger partial charge in [0.2, 0.25) is 0 Å². The van der Waals surface area contributed by atoms with Crippen LogP contribution in [0.15, 0.2) is 96.6 Å². The number of nitrogens with zero attached hydrogens (tertiary/aromatic N) is 2. The molecule has 0 fully saturated rings. The Balaban J connectivity index is 1.35. The van der Waals surface area contributed by atoms with Crippen molar-refractivity contribution in [2.24, 2.45) is 0 Å². The largest absolute Gasteiger partial charge is 0.489 e. The van der Waals surface area contributed by atoms with E-state index in [1.807, 2.05) is 18.2 Å². The minimum absolute atomic E-state index is 0.0339. The highest BCUT2D eigenvalue weighted by Gasteiger charge is 2.12. The lowest BCUT2D eigenvalue weighted by Crippen LogP contribution is -2.13. The maximum atomic E-state index is 12.7. The van der Waals surface area contributed by atoms with E-state index in [-0.39, 0.29) is 22.9 Å². The lowest BCUT2D eigenvalue weighted by Gasteiger charge is -2.10. The SMILES string of the molecule is N#C/C(=C\c1ccc(OCc2cccc([N+](=O)[O-])c2)c(Cl)c1)C(=O)Nc1ccc(OCc2ccc(Cl)cc2)cc1. The molecular formula is C30H21Cl2N3O5. The smallest absolute Gasteiger partial charge is 0.269 e. The second-order valence-corrected chi connectivity index (χ2v) is 9.31. The van der Waals surface area contributed by atoms with E-state index < -0.39 is 10.8 Å². The quantitative estimate of drug-likeness (QED) is 0.0903. The number of non-ortho nitro benzene ring substituents is 1. The van der Waals surface area contributed by atoms with Crippen LogP contribution >= 0.6 is 23.2 Å². The van der Waals surface area contributed by atoms with Gasteiger partial charge in [0.05, 0.1) is 9.95 Å². The molecule has 40 heavy (non-hydrogen) atoms. The van der Waals surface area contributed by atoms with Gasteiger partial charge in [-0.05, 0) is 71.3 Å². The van der Waals surface area contributed by atoms with Crippen molar-refractivity contribution in [2.75, 3.05) is 5.32 Å². The summed E-state index contributed by atoms with van der Waals surface area (Å²) < 4.78 is 11.4. The lowest BCUT2D eigenvalue weighted by molar-refractivity contribution is -0.384. The molecule has 0 bridgehead atoms. The molecule has 0 unspecified atom stereocenters. The molecule has 200 valence electrons. The molecule has 4 aromatic carbocycles. The molecule has 0 saturated heterocycles. The number of carbonyl (C=O) groups is 1. The summed E-state index contributed by atoms with van der Waals surface area (Å²) in [5, 5.41) is 24.1. The Morgan fingerprint density at radius 2 is 1.65 bits per heavy atom. The van der Waals surface area contributed by atoms with Crippen LogP contribution in [0.3, 0.4) is 0 Å². The van der Waals surface area contributed by atoms with Crippen molar-refractivity contribution in [3.8, 4) is 17.6 Å². The van der Waals surface area contributed by atoms with E-state index in [1.54, 1.807) is 66.7 Å². The van der Waals surface area contributed by atoms with Crippen LogP contribution in [0.1, 0.15) is 16.7 Å². The third-order valence-electron chi connectivity index (χ3n) is 5.58. The number of carbonyl (C=O) groups excluding carboxylic acids is 1. The molecule has 8 nitrogen and oxygen atoms in total. The maximum Gasteiger partial charge on any atom is 0.269 e. The number of nitro benzene ring substituents is 1. The molecule has 0 aliphatic heterocycles. The first-order chi connectivity index (χ1) is 19.3. The highest BCUT2D eigenvalue weighted by atomic mass is 35.5. The molecule has 10 heteroatoms. The first-order valence-corrected chi connectivity index (χ1v) is 12.6. The number of rotatable bonds is 10. The summed E-state index contributed by atoms with van der Waals surface area (Å²) in [6.07, 6.45) is 1.41. The Kier molecular flexibility index (Phi) is 9.36. The zero-order chi connectivity index (χ0) is 28.5. The van der Waals surface area contributed by atoms with Gasteiger partial charge in [0.15, 0.2) is 0 Å².